The van der Waals surface area contributed by atoms with Crippen molar-refractivity contribution in [2.45, 2.75) is 50.7 Å². The normalized spacial score (nSPS) is 11.2. The van der Waals surface area contributed by atoms with E-state index in [1.165, 1.54) is 29.5 Å². The number of nitro groups is 1. The third kappa shape index (κ3) is 6.30. The zero-order valence-corrected chi connectivity index (χ0v) is 19.3. The Kier molecular flexibility index (Phi) is 7.14. The highest BCUT2D eigenvalue weighted by Crippen LogP contribution is 2.26. The molecule has 2 amide bonds. The minimum atomic E-state index is -0.442. The molecule has 168 valence electrons. The predicted molar refractivity (Wildman–Crippen MR) is 124 cm³/mol. The molecule has 0 aliphatic heterocycles. The van der Waals surface area contributed by atoms with Crippen molar-refractivity contribution in [3.63, 3.8) is 0 Å². The van der Waals surface area contributed by atoms with Crippen molar-refractivity contribution in [3.8, 4) is 5.69 Å². The molecule has 0 aliphatic rings. The molecular weight excluding hydrogens is 428 g/mol. The first-order valence-corrected chi connectivity index (χ1v) is 11.0. The van der Waals surface area contributed by atoms with Gasteiger partial charge >= 0.3 is 6.03 Å². The topological polar surface area (TPSA) is 115 Å². The van der Waals surface area contributed by atoms with Crippen molar-refractivity contribution < 1.29 is 9.72 Å². The monoisotopic (exact) mass is 454 g/mol. The van der Waals surface area contributed by atoms with Gasteiger partial charge in [0.2, 0.25) is 0 Å². The number of rotatable bonds is 7. The summed E-state index contributed by atoms with van der Waals surface area (Å²) in [4.78, 5) is 22.8. The van der Waals surface area contributed by atoms with E-state index in [0.717, 1.165) is 5.56 Å². The Balaban J connectivity index is 1.85. The molecule has 0 bridgehead atoms. The van der Waals surface area contributed by atoms with E-state index in [9.17, 15) is 14.9 Å². The first kappa shape index (κ1) is 23.3. The fourth-order valence-electron chi connectivity index (χ4n) is 2.98. The molecule has 0 saturated heterocycles. The van der Waals surface area contributed by atoms with E-state index in [1.54, 1.807) is 12.1 Å². The largest absolute Gasteiger partial charge is 0.334 e. The van der Waals surface area contributed by atoms with E-state index >= 15 is 0 Å². The zero-order valence-electron chi connectivity index (χ0n) is 18.5. The first-order valence-electron chi connectivity index (χ1n) is 10.1. The SMILES string of the molecule is Cc1cccc(CSc2nnc(CNC(=O)NC(C)(C)C)n2-c2ccc([N+](=O)[O-])cc2)c1. The summed E-state index contributed by atoms with van der Waals surface area (Å²) in [5.74, 6) is 1.21. The van der Waals surface area contributed by atoms with Gasteiger partial charge in [0.25, 0.3) is 5.69 Å². The smallest absolute Gasteiger partial charge is 0.315 e. The Morgan fingerprint density at radius 3 is 2.50 bits per heavy atom. The van der Waals surface area contributed by atoms with Gasteiger partial charge in [-0.1, -0.05) is 41.6 Å². The maximum atomic E-state index is 12.2. The number of carbonyl (C=O) groups excluding carboxylic acids is 1. The molecular formula is C22H26N6O3S. The number of amides is 2. The second kappa shape index (κ2) is 9.82. The minimum Gasteiger partial charge on any atom is -0.334 e. The summed E-state index contributed by atoms with van der Waals surface area (Å²) >= 11 is 1.51. The third-order valence-corrected chi connectivity index (χ3v) is 5.37. The Morgan fingerprint density at radius 2 is 1.88 bits per heavy atom. The number of benzene rings is 2. The molecule has 1 heterocycles. The van der Waals surface area contributed by atoms with Gasteiger partial charge in [-0.15, -0.1) is 10.2 Å². The van der Waals surface area contributed by atoms with Crippen LogP contribution in [0.1, 0.15) is 37.7 Å². The van der Waals surface area contributed by atoms with Crippen molar-refractivity contribution in [1.29, 1.82) is 0 Å². The van der Waals surface area contributed by atoms with Gasteiger partial charge in [0.1, 0.15) is 0 Å². The summed E-state index contributed by atoms with van der Waals surface area (Å²) in [7, 11) is 0. The third-order valence-electron chi connectivity index (χ3n) is 4.37. The average Bonchev–Trinajstić information content (AvgIpc) is 3.12. The first-order chi connectivity index (χ1) is 15.1. The van der Waals surface area contributed by atoms with Crippen LogP contribution in [0.2, 0.25) is 0 Å². The quantitative estimate of drug-likeness (QED) is 0.311. The molecule has 0 unspecified atom stereocenters. The van der Waals surface area contributed by atoms with E-state index in [1.807, 2.05) is 50.5 Å². The van der Waals surface area contributed by atoms with E-state index in [-0.39, 0.29) is 23.8 Å². The van der Waals surface area contributed by atoms with Crippen LogP contribution in [0.4, 0.5) is 10.5 Å². The van der Waals surface area contributed by atoms with Gasteiger partial charge in [-0.2, -0.15) is 0 Å². The lowest BCUT2D eigenvalue weighted by molar-refractivity contribution is -0.384. The predicted octanol–water partition coefficient (Wildman–Crippen LogP) is 4.37. The summed E-state index contributed by atoms with van der Waals surface area (Å²) in [5, 5.41) is 25.9. The Bertz CT molecular complexity index is 1110. The van der Waals surface area contributed by atoms with Crippen molar-refractivity contribution in [2.75, 3.05) is 0 Å². The lowest BCUT2D eigenvalue weighted by Crippen LogP contribution is -2.46. The van der Waals surface area contributed by atoms with E-state index in [2.05, 4.69) is 26.9 Å². The van der Waals surface area contributed by atoms with Crippen molar-refractivity contribution in [1.82, 2.24) is 25.4 Å². The number of aromatic nitrogens is 3. The van der Waals surface area contributed by atoms with Crippen molar-refractivity contribution >= 4 is 23.5 Å². The van der Waals surface area contributed by atoms with Gasteiger partial charge in [0.15, 0.2) is 11.0 Å². The number of nitro benzene ring substituents is 1. The molecule has 3 aromatic rings. The maximum absolute atomic E-state index is 12.2. The van der Waals surface area contributed by atoms with E-state index < -0.39 is 4.92 Å². The number of urea groups is 1. The van der Waals surface area contributed by atoms with E-state index in [0.29, 0.717) is 22.4 Å². The van der Waals surface area contributed by atoms with Gasteiger partial charge < -0.3 is 10.6 Å². The molecule has 32 heavy (non-hydrogen) atoms. The summed E-state index contributed by atoms with van der Waals surface area (Å²) in [6.07, 6.45) is 0. The number of carbonyl (C=O) groups is 1. The highest BCUT2D eigenvalue weighted by atomic mass is 32.2. The molecule has 0 saturated carbocycles. The van der Waals surface area contributed by atoms with Gasteiger partial charge in [0, 0.05) is 29.1 Å². The highest BCUT2D eigenvalue weighted by Gasteiger charge is 2.18. The number of nitrogens with zero attached hydrogens (tertiary/aromatic N) is 4. The fraction of sp³-hybridized carbons (Fsp3) is 0.318. The lowest BCUT2D eigenvalue weighted by atomic mass is 10.1. The molecule has 10 heteroatoms. The molecule has 2 N–H and O–H groups in total. The van der Waals surface area contributed by atoms with Crippen LogP contribution in [0.15, 0.2) is 53.7 Å². The van der Waals surface area contributed by atoms with Gasteiger partial charge in [-0.05, 0) is 45.4 Å². The number of thioether (sulfide) groups is 1. The second-order valence-electron chi connectivity index (χ2n) is 8.34. The molecule has 0 aliphatic carbocycles. The summed E-state index contributed by atoms with van der Waals surface area (Å²) in [5.41, 5.74) is 2.64. The molecule has 1 aromatic heterocycles. The Morgan fingerprint density at radius 1 is 1.16 bits per heavy atom. The number of non-ortho nitro benzene ring substituents is 1. The zero-order chi connectivity index (χ0) is 23.3. The van der Waals surface area contributed by atoms with Crippen LogP contribution in [-0.4, -0.2) is 31.3 Å². The summed E-state index contributed by atoms with van der Waals surface area (Å²) < 4.78 is 1.81. The molecule has 0 fully saturated rings. The minimum absolute atomic E-state index is 0.0000169. The van der Waals surface area contributed by atoms with Crippen LogP contribution >= 0.6 is 11.8 Å². The Hall–Kier alpha value is -3.40. The van der Waals surface area contributed by atoms with Crippen LogP contribution in [0.5, 0.6) is 0 Å². The maximum Gasteiger partial charge on any atom is 0.315 e. The molecule has 0 spiro atoms. The van der Waals surface area contributed by atoms with Crippen molar-refractivity contribution in [3.05, 3.63) is 75.6 Å². The van der Waals surface area contributed by atoms with Crippen LogP contribution in [-0.2, 0) is 12.3 Å². The lowest BCUT2D eigenvalue weighted by Gasteiger charge is -2.20. The molecule has 3 rings (SSSR count). The number of hydrogen-bond acceptors (Lipinski definition) is 6. The summed E-state index contributed by atoms with van der Waals surface area (Å²) in [6.45, 7) is 7.88. The van der Waals surface area contributed by atoms with Crippen LogP contribution in [0, 0.1) is 17.0 Å². The number of hydrogen-bond donors (Lipinski definition) is 2. The summed E-state index contributed by atoms with van der Waals surface area (Å²) in [6, 6.07) is 14.1. The van der Waals surface area contributed by atoms with Crippen LogP contribution in [0.25, 0.3) is 5.69 Å². The molecule has 9 nitrogen and oxygen atoms in total. The second-order valence-corrected chi connectivity index (χ2v) is 9.29. The number of aryl methyl sites for hydroxylation is 1. The van der Waals surface area contributed by atoms with Crippen LogP contribution < -0.4 is 10.6 Å². The van der Waals surface area contributed by atoms with Gasteiger partial charge in [0.05, 0.1) is 11.5 Å². The molecule has 0 atom stereocenters. The average molecular weight is 455 g/mol. The fourth-order valence-corrected chi connectivity index (χ4v) is 3.90. The molecule has 0 radical (unpaired) electrons. The highest BCUT2D eigenvalue weighted by molar-refractivity contribution is 7.98. The van der Waals surface area contributed by atoms with Gasteiger partial charge in [-0.3, -0.25) is 14.7 Å². The standard InChI is InChI=1S/C22H26N6O3S/c1-15-6-5-7-16(12-15)14-32-21-26-25-19(13-23-20(29)24-22(2,3)4)27(21)17-8-10-18(11-9-17)28(30)31/h5-12H,13-14H2,1-4H3,(H2,23,24,29). The Labute approximate surface area is 190 Å². The molecule has 2 aromatic carbocycles. The van der Waals surface area contributed by atoms with Crippen molar-refractivity contribution in [2.24, 2.45) is 0 Å². The van der Waals surface area contributed by atoms with E-state index in [4.69, 9.17) is 0 Å². The number of nitrogens with one attached hydrogen (secondary N) is 2. The van der Waals surface area contributed by atoms with Gasteiger partial charge in [-0.25, -0.2) is 4.79 Å². The van der Waals surface area contributed by atoms with Crippen LogP contribution in [0.3, 0.4) is 0 Å².